The van der Waals surface area contributed by atoms with Crippen molar-refractivity contribution in [3.8, 4) is 0 Å². The molecule has 0 fully saturated rings. The van der Waals surface area contributed by atoms with E-state index in [1.165, 1.54) is 26.2 Å². The molecule has 0 heterocycles. The molecule has 1 aromatic rings. The average molecular weight is 317 g/mol. The topological polar surface area (TPSA) is 122 Å². The summed E-state index contributed by atoms with van der Waals surface area (Å²) in [5.74, 6) is -1.03. The van der Waals surface area contributed by atoms with Crippen LogP contribution in [0.4, 0.5) is 5.69 Å². The monoisotopic (exact) mass is 316 g/mol. The second-order valence-corrected chi connectivity index (χ2v) is 4.81. The number of nitrogens with two attached hydrogens (primary N) is 1. The van der Waals surface area contributed by atoms with Crippen LogP contribution in [0.3, 0.4) is 0 Å². The van der Waals surface area contributed by atoms with Crippen LogP contribution < -0.4 is 11.1 Å². The molecule has 0 aliphatic heterocycles. The maximum Gasteiger partial charge on any atom is 0.339 e. The van der Waals surface area contributed by atoms with Crippen molar-refractivity contribution in [3.63, 3.8) is 0 Å². The number of esters is 1. The molecule has 0 radical (unpaired) electrons. The molecule has 21 heavy (non-hydrogen) atoms. The molecule has 116 valence electrons. The van der Waals surface area contributed by atoms with Crippen LogP contribution in [-0.2, 0) is 9.53 Å². The van der Waals surface area contributed by atoms with Crippen LogP contribution in [0.2, 0.25) is 5.02 Å². The van der Waals surface area contributed by atoms with Gasteiger partial charge in [0.15, 0.2) is 0 Å². The minimum atomic E-state index is -1.40. The Labute approximate surface area is 126 Å². The number of benzene rings is 1. The van der Waals surface area contributed by atoms with Gasteiger partial charge in [-0.15, -0.1) is 0 Å². The number of anilines is 1. The summed E-state index contributed by atoms with van der Waals surface area (Å²) in [5.41, 5.74) is 5.90. The van der Waals surface area contributed by atoms with Crippen molar-refractivity contribution < 1.29 is 24.5 Å². The second-order valence-electron chi connectivity index (χ2n) is 4.40. The van der Waals surface area contributed by atoms with E-state index in [9.17, 15) is 19.8 Å². The van der Waals surface area contributed by atoms with Gasteiger partial charge in [0, 0.05) is 29.7 Å². The summed E-state index contributed by atoms with van der Waals surface area (Å²) in [7, 11) is 1.19. The van der Waals surface area contributed by atoms with E-state index < -0.39 is 18.2 Å². The van der Waals surface area contributed by atoms with E-state index in [1.807, 2.05) is 0 Å². The highest BCUT2D eigenvalue weighted by Gasteiger charge is 2.24. The summed E-state index contributed by atoms with van der Waals surface area (Å²) in [6.07, 6.45) is -2.69. The molecule has 0 spiro atoms. The third kappa shape index (κ3) is 4.32. The molecular weight excluding hydrogens is 300 g/mol. The zero-order valence-electron chi connectivity index (χ0n) is 11.6. The first-order valence-electron chi connectivity index (χ1n) is 6.05. The average Bonchev–Trinajstić information content (AvgIpc) is 2.43. The lowest BCUT2D eigenvalue weighted by molar-refractivity contribution is -0.119. The number of aliphatic hydroxyl groups is 2. The third-order valence-corrected chi connectivity index (χ3v) is 3.14. The molecule has 7 nitrogen and oxygen atoms in total. The van der Waals surface area contributed by atoms with Crippen LogP contribution in [0, 0.1) is 0 Å². The number of hydrogen-bond acceptors (Lipinski definition) is 6. The van der Waals surface area contributed by atoms with Crippen molar-refractivity contribution in [2.45, 2.75) is 19.1 Å². The van der Waals surface area contributed by atoms with Crippen LogP contribution in [0.25, 0.3) is 0 Å². The van der Waals surface area contributed by atoms with Crippen molar-refractivity contribution in [1.82, 2.24) is 5.32 Å². The van der Waals surface area contributed by atoms with Gasteiger partial charge in [-0.05, 0) is 12.1 Å². The molecule has 8 heteroatoms. The molecule has 2 atom stereocenters. The van der Waals surface area contributed by atoms with Crippen molar-refractivity contribution in [1.29, 1.82) is 0 Å². The number of amides is 1. The van der Waals surface area contributed by atoms with Gasteiger partial charge in [-0.1, -0.05) is 11.6 Å². The van der Waals surface area contributed by atoms with E-state index in [-0.39, 0.29) is 34.3 Å². The molecule has 1 rings (SSSR count). The molecular formula is C13H17ClN2O5. The lowest BCUT2D eigenvalue weighted by Crippen LogP contribution is -2.34. The molecule has 0 saturated carbocycles. The number of nitrogen functional groups attached to an aromatic ring is 1. The van der Waals surface area contributed by atoms with Crippen LogP contribution >= 0.6 is 11.6 Å². The molecule has 5 N–H and O–H groups in total. The Hall–Kier alpha value is -1.83. The second kappa shape index (κ2) is 7.26. The van der Waals surface area contributed by atoms with Gasteiger partial charge in [-0.2, -0.15) is 0 Å². The summed E-state index contributed by atoms with van der Waals surface area (Å²) in [4.78, 5) is 22.4. The Balaban J connectivity index is 3.05. The Morgan fingerprint density at radius 2 is 2.05 bits per heavy atom. The van der Waals surface area contributed by atoms with Gasteiger partial charge in [0.05, 0.1) is 12.7 Å². The predicted molar refractivity (Wildman–Crippen MR) is 76.9 cm³/mol. The highest BCUT2D eigenvalue weighted by molar-refractivity contribution is 6.32. The number of carbonyl (C=O) groups is 2. The Kier molecular flexibility index (Phi) is 5.95. The summed E-state index contributed by atoms with van der Waals surface area (Å²) < 4.78 is 4.57. The largest absolute Gasteiger partial charge is 0.465 e. The molecule has 0 aliphatic rings. The van der Waals surface area contributed by atoms with Gasteiger partial charge < -0.3 is 26.0 Å². The Bertz CT molecular complexity index is 550. The van der Waals surface area contributed by atoms with Gasteiger partial charge in [0.2, 0.25) is 5.91 Å². The summed E-state index contributed by atoms with van der Waals surface area (Å²) in [5, 5.41) is 22.4. The molecule has 0 aromatic heterocycles. The molecule has 0 saturated heterocycles. The third-order valence-electron chi connectivity index (χ3n) is 2.82. The highest BCUT2D eigenvalue weighted by atomic mass is 35.5. The highest BCUT2D eigenvalue weighted by Crippen LogP contribution is 2.30. The maximum absolute atomic E-state index is 11.6. The SMILES string of the molecule is COC(=O)c1cc(C(O)C(O)CNC(C)=O)c(Cl)cc1N. The van der Waals surface area contributed by atoms with Crippen LogP contribution in [0.1, 0.15) is 28.9 Å². The summed E-state index contributed by atoms with van der Waals surface area (Å²) in [6, 6.07) is 2.54. The number of nitrogens with one attached hydrogen (secondary N) is 1. The molecule has 1 amide bonds. The number of rotatable bonds is 5. The Morgan fingerprint density at radius 3 is 2.57 bits per heavy atom. The fourth-order valence-corrected chi connectivity index (χ4v) is 1.97. The van der Waals surface area contributed by atoms with Crippen LogP contribution in [0.15, 0.2) is 12.1 Å². The van der Waals surface area contributed by atoms with Crippen molar-refractivity contribution in [2.75, 3.05) is 19.4 Å². The lowest BCUT2D eigenvalue weighted by Gasteiger charge is -2.20. The zero-order chi connectivity index (χ0) is 16.2. The maximum atomic E-state index is 11.6. The number of hydrogen-bond donors (Lipinski definition) is 4. The fraction of sp³-hybridized carbons (Fsp3) is 0.385. The minimum absolute atomic E-state index is 0.0303. The first kappa shape index (κ1) is 17.2. The van der Waals surface area contributed by atoms with Crippen LogP contribution in [0.5, 0.6) is 0 Å². The quantitative estimate of drug-likeness (QED) is 0.456. The van der Waals surface area contributed by atoms with Gasteiger partial charge in [-0.3, -0.25) is 4.79 Å². The number of methoxy groups -OCH3 is 1. The first-order chi connectivity index (χ1) is 9.77. The van der Waals surface area contributed by atoms with E-state index in [2.05, 4.69) is 10.1 Å². The van der Waals surface area contributed by atoms with Crippen molar-refractivity contribution >= 4 is 29.2 Å². The van der Waals surface area contributed by atoms with E-state index in [0.717, 1.165) is 0 Å². The first-order valence-corrected chi connectivity index (χ1v) is 6.43. The number of aliphatic hydroxyl groups excluding tert-OH is 2. The molecule has 0 bridgehead atoms. The zero-order valence-corrected chi connectivity index (χ0v) is 12.3. The lowest BCUT2D eigenvalue weighted by atomic mass is 10.0. The molecule has 1 aromatic carbocycles. The molecule has 2 unspecified atom stereocenters. The van der Waals surface area contributed by atoms with Crippen molar-refractivity contribution in [3.05, 3.63) is 28.3 Å². The van der Waals surface area contributed by atoms with Gasteiger partial charge in [0.25, 0.3) is 0 Å². The number of carbonyl (C=O) groups excluding carboxylic acids is 2. The van der Waals surface area contributed by atoms with Gasteiger partial charge in [-0.25, -0.2) is 4.79 Å². The summed E-state index contributed by atoms with van der Waals surface area (Å²) in [6.45, 7) is 1.12. The Morgan fingerprint density at radius 1 is 1.43 bits per heavy atom. The standard InChI is InChI=1S/C13H17ClN2O5/c1-6(17)16-5-11(18)12(19)7-3-8(13(20)21-2)10(15)4-9(7)14/h3-4,11-12,18-19H,5,15H2,1-2H3,(H,16,17). The normalized spacial score (nSPS) is 13.4. The predicted octanol–water partition coefficient (Wildman–Crippen LogP) is 0.239. The fourth-order valence-electron chi connectivity index (χ4n) is 1.69. The minimum Gasteiger partial charge on any atom is -0.465 e. The number of halogens is 1. The van der Waals surface area contributed by atoms with Crippen LogP contribution in [-0.4, -0.2) is 41.8 Å². The van der Waals surface area contributed by atoms with Gasteiger partial charge >= 0.3 is 5.97 Å². The van der Waals surface area contributed by atoms with E-state index >= 15 is 0 Å². The molecule has 0 aliphatic carbocycles. The van der Waals surface area contributed by atoms with Gasteiger partial charge in [0.1, 0.15) is 12.2 Å². The van der Waals surface area contributed by atoms with E-state index in [0.29, 0.717) is 0 Å². The number of ether oxygens (including phenoxy) is 1. The summed E-state index contributed by atoms with van der Waals surface area (Å²) >= 11 is 5.96. The van der Waals surface area contributed by atoms with Crippen molar-refractivity contribution in [2.24, 2.45) is 0 Å². The smallest absolute Gasteiger partial charge is 0.339 e. The van der Waals surface area contributed by atoms with E-state index in [4.69, 9.17) is 17.3 Å². The van der Waals surface area contributed by atoms with E-state index in [1.54, 1.807) is 0 Å².